The highest BCUT2D eigenvalue weighted by Crippen LogP contribution is 2.42. The number of hydrogen-bond donors (Lipinski definition) is 2. The summed E-state index contributed by atoms with van der Waals surface area (Å²) in [5, 5.41) is 12.5. The second kappa shape index (κ2) is 9.51. The van der Waals surface area contributed by atoms with E-state index in [0.29, 0.717) is 37.9 Å². The normalized spacial score (nSPS) is 17.2. The molecule has 2 aliphatic rings. The largest absolute Gasteiger partial charge is 0.489 e. The van der Waals surface area contributed by atoms with E-state index in [1.165, 1.54) is 10.4 Å². The fourth-order valence-electron chi connectivity index (χ4n) is 4.99. The van der Waals surface area contributed by atoms with Crippen LogP contribution in [0.3, 0.4) is 0 Å². The Bertz CT molecular complexity index is 1500. The molecule has 0 saturated carbocycles. The van der Waals surface area contributed by atoms with Crippen molar-refractivity contribution >= 4 is 56.0 Å². The summed E-state index contributed by atoms with van der Waals surface area (Å²) in [6.45, 7) is 1.72. The first-order chi connectivity index (χ1) is 18.0. The number of benzene rings is 1. The van der Waals surface area contributed by atoms with Crippen LogP contribution >= 0.6 is 11.3 Å². The summed E-state index contributed by atoms with van der Waals surface area (Å²) in [5.74, 6) is 1.49. The van der Waals surface area contributed by atoms with Crippen molar-refractivity contribution in [2.45, 2.75) is 19.3 Å². The molecule has 0 radical (unpaired) electrons. The number of rotatable bonds is 7. The molecule has 4 aromatic rings. The zero-order valence-electron chi connectivity index (χ0n) is 20.6. The Morgan fingerprint density at radius 1 is 1.35 bits per heavy atom. The second-order valence-electron chi connectivity index (χ2n) is 9.46. The number of carbonyl (C=O) groups excluding carboxylic acids is 2. The van der Waals surface area contributed by atoms with Gasteiger partial charge in [-0.25, -0.2) is 14.8 Å². The number of cyclic esters (lactones) is 1. The van der Waals surface area contributed by atoms with Crippen molar-refractivity contribution in [1.29, 1.82) is 0 Å². The SMILES string of the molecule is CN(C)C(=O)[C@H]1CCc2c(sc3ncnc(Nc4cc5cn[nH]c5cc4OCCN4CCOC4=O)c23)C1. The molecule has 1 aromatic carbocycles. The quantitative estimate of drug-likeness (QED) is 0.379. The van der Waals surface area contributed by atoms with Gasteiger partial charge in [0.1, 0.15) is 35.9 Å². The predicted octanol–water partition coefficient (Wildman–Crippen LogP) is 3.34. The first-order valence-corrected chi connectivity index (χ1v) is 13.0. The summed E-state index contributed by atoms with van der Waals surface area (Å²) >= 11 is 1.64. The average Bonchev–Trinajstić information content (AvgIpc) is 3.61. The van der Waals surface area contributed by atoms with E-state index in [2.05, 4.69) is 25.5 Å². The number of thiophene rings is 1. The number of ether oxygens (including phenoxy) is 2. The Labute approximate surface area is 216 Å². The molecule has 0 unspecified atom stereocenters. The van der Waals surface area contributed by atoms with Crippen LogP contribution in [0.5, 0.6) is 5.75 Å². The van der Waals surface area contributed by atoms with Crippen molar-refractivity contribution in [2.24, 2.45) is 5.92 Å². The van der Waals surface area contributed by atoms with E-state index in [-0.39, 0.29) is 17.9 Å². The molecule has 1 fully saturated rings. The van der Waals surface area contributed by atoms with Crippen LogP contribution in [0.4, 0.5) is 16.3 Å². The molecule has 192 valence electrons. The highest BCUT2D eigenvalue weighted by molar-refractivity contribution is 7.19. The fourth-order valence-corrected chi connectivity index (χ4v) is 6.26. The molecule has 3 aromatic heterocycles. The fraction of sp³-hybridized carbons (Fsp3) is 0.400. The van der Waals surface area contributed by atoms with E-state index in [1.54, 1.807) is 33.7 Å². The Kier molecular flexibility index (Phi) is 6.03. The molecule has 4 heterocycles. The summed E-state index contributed by atoms with van der Waals surface area (Å²) in [5.41, 5.74) is 2.80. The minimum absolute atomic E-state index is 0.00341. The van der Waals surface area contributed by atoms with Crippen LogP contribution < -0.4 is 10.1 Å². The molecule has 1 aliphatic carbocycles. The first kappa shape index (κ1) is 23.5. The molecule has 0 spiro atoms. The number of aromatic nitrogens is 4. The zero-order chi connectivity index (χ0) is 25.5. The molecule has 2 amide bonds. The summed E-state index contributed by atoms with van der Waals surface area (Å²) < 4.78 is 11.1. The van der Waals surface area contributed by atoms with Crippen LogP contribution in [-0.4, -0.2) is 82.4 Å². The van der Waals surface area contributed by atoms with Gasteiger partial charge in [0.2, 0.25) is 5.91 Å². The van der Waals surface area contributed by atoms with E-state index in [9.17, 15) is 9.59 Å². The molecule has 2 N–H and O–H groups in total. The summed E-state index contributed by atoms with van der Waals surface area (Å²) in [6.07, 6.45) is 5.34. The van der Waals surface area contributed by atoms with E-state index in [4.69, 9.17) is 9.47 Å². The number of anilines is 2. The number of H-pyrrole nitrogens is 1. The monoisotopic (exact) mass is 521 g/mol. The molecule has 1 aliphatic heterocycles. The Hall–Kier alpha value is -3.93. The van der Waals surface area contributed by atoms with Gasteiger partial charge in [-0.05, 0) is 30.9 Å². The number of amides is 2. The van der Waals surface area contributed by atoms with Crippen LogP contribution in [0.1, 0.15) is 16.9 Å². The number of hydrogen-bond acceptors (Lipinski definition) is 9. The molecule has 11 nitrogen and oxygen atoms in total. The summed E-state index contributed by atoms with van der Waals surface area (Å²) in [4.78, 5) is 38.9. The summed E-state index contributed by atoms with van der Waals surface area (Å²) in [6, 6.07) is 3.86. The van der Waals surface area contributed by atoms with Gasteiger partial charge in [-0.2, -0.15) is 5.10 Å². The lowest BCUT2D eigenvalue weighted by Crippen LogP contribution is -2.32. The zero-order valence-corrected chi connectivity index (χ0v) is 21.4. The Balaban J connectivity index is 1.30. The van der Waals surface area contributed by atoms with E-state index >= 15 is 0 Å². The second-order valence-corrected chi connectivity index (χ2v) is 10.5. The molecular formula is C25H27N7O4S. The maximum absolute atomic E-state index is 12.6. The first-order valence-electron chi connectivity index (χ1n) is 12.2. The van der Waals surface area contributed by atoms with E-state index in [1.807, 2.05) is 26.2 Å². The topological polar surface area (TPSA) is 126 Å². The Morgan fingerprint density at radius 3 is 3.05 bits per heavy atom. The van der Waals surface area contributed by atoms with Gasteiger partial charge in [0.05, 0.1) is 35.9 Å². The lowest BCUT2D eigenvalue weighted by molar-refractivity contribution is -0.133. The van der Waals surface area contributed by atoms with Crippen molar-refractivity contribution in [3.8, 4) is 5.75 Å². The Morgan fingerprint density at radius 2 is 2.24 bits per heavy atom. The standard InChI is InChI=1S/C25H27N7O4S/c1-31(2)24(33)14-3-4-16-20(10-14)37-23-21(16)22(26-13-27-23)29-18-9-15-12-28-30-17(15)11-19(18)35-7-5-32-6-8-36-25(32)34/h9,11-14H,3-8,10H2,1-2H3,(H,28,30)(H,26,27,29)/t14-/m0/s1. The van der Waals surface area contributed by atoms with Gasteiger partial charge >= 0.3 is 6.09 Å². The van der Waals surface area contributed by atoms with Gasteiger partial charge in [-0.3, -0.25) is 9.89 Å². The lowest BCUT2D eigenvalue weighted by atomic mass is 9.87. The van der Waals surface area contributed by atoms with E-state index < -0.39 is 0 Å². The third-order valence-electron chi connectivity index (χ3n) is 6.89. The predicted molar refractivity (Wildman–Crippen MR) is 139 cm³/mol. The van der Waals surface area contributed by atoms with Crippen LogP contribution in [-0.2, 0) is 22.4 Å². The van der Waals surface area contributed by atoms with Crippen LogP contribution in [0.2, 0.25) is 0 Å². The lowest BCUT2D eigenvalue weighted by Gasteiger charge is -2.24. The smallest absolute Gasteiger partial charge is 0.410 e. The number of aromatic amines is 1. The van der Waals surface area contributed by atoms with Crippen LogP contribution in [0.25, 0.3) is 21.1 Å². The highest BCUT2D eigenvalue weighted by atomic mass is 32.1. The van der Waals surface area contributed by atoms with Gasteiger partial charge in [0.15, 0.2) is 0 Å². The highest BCUT2D eigenvalue weighted by Gasteiger charge is 2.30. The minimum atomic E-state index is -0.314. The number of nitrogens with zero attached hydrogens (tertiary/aromatic N) is 5. The molecule has 1 saturated heterocycles. The number of nitrogens with one attached hydrogen (secondary N) is 2. The van der Waals surface area contributed by atoms with Crippen LogP contribution in [0, 0.1) is 5.92 Å². The number of aryl methyl sites for hydroxylation is 1. The van der Waals surface area contributed by atoms with Crippen molar-refractivity contribution in [1.82, 2.24) is 30.0 Å². The van der Waals surface area contributed by atoms with Crippen molar-refractivity contribution in [3.63, 3.8) is 0 Å². The van der Waals surface area contributed by atoms with Gasteiger partial charge in [0.25, 0.3) is 0 Å². The molecule has 6 rings (SSSR count). The third-order valence-corrected chi connectivity index (χ3v) is 8.05. The van der Waals surface area contributed by atoms with Gasteiger partial charge in [-0.1, -0.05) is 0 Å². The maximum atomic E-state index is 12.6. The number of fused-ring (bicyclic) bond motifs is 4. The average molecular weight is 522 g/mol. The van der Waals surface area contributed by atoms with Crippen molar-refractivity contribution in [2.75, 3.05) is 45.7 Å². The van der Waals surface area contributed by atoms with E-state index in [0.717, 1.165) is 46.1 Å². The maximum Gasteiger partial charge on any atom is 0.410 e. The van der Waals surface area contributed by atoms with Crippen LogP contribution in [0.15, 0.2) is 24.7 Å². The van der Waals surface area contributed by atoms with Crippen molar-refractivity contribution < 1.29 is 19.1 Å². The minimum Gasteiger partial charge on any atom is -0.489 e. The molecule has 1 atom stereocenters. The summed E-state index contributed by atoms with van der Waals surface area (Å²) in [7, 11) is 3.62. The molecular weight excluding hydrogens is 494 g/mol. The molecule has 12 heteroatoms. The van der Waals surface area contributed by atoms with Gasteiger partial charge in [0, 0.05) is 36.3 Å². The third kappa shape index (κ3) is 4.41. The van der Waals surface area contributed by atoms with Crippen molar-refractivity contribution in [3.05, 3.63) is 35.1 Å². The van der Waals surface area contributed by atoms with Gasteiger partial charge < -0.3 is 24.6 Å². The molecule has 37 heavy (non-hydrogen) atoms. The molecule has 0 bridgehead atoms. The number of carbonyl (C=O) groups is 2. The van der Waals surface area contributed by atoms with Gasteiger partial charge in [-0.15, -0.1) is 11.3 Å².